The van der Waals surface area contributed by atoms with Crippen molar-refractivity contribution >= 4 is 11.8 Å². The summed E-state index contributed by atoms with van der Waals surface area (Å²) in [7, 11) is 0. The molecular formula is C9H14N2O2. The van der Waals surface area contributed by atoms with Gasteiger partial charge in [0.05, 0.1) is 13.1 Å². The van der Waals surface area contributed by atoms with Gasteiger partial charge < -0.3 is 0 Å². The van der Waals surface area contributed by atoms with Crippen LogP contribution in [0.15, 0.2) is 0 Å². The number of nitrogens with one attached hydrogen (secondary N) is 1. The van der Waals surface area contributed by atoms with Gasteiger partial charge in [0.2, 0.25) is 11.8 Å². The number of nitrogens with zero attached hydrogens (tertiary/aromatic N) is 1. The lowest BCUT2D eigenvalue weighted by Crippen LogP contribution is -2.52. The normalized spacial score (nSPS) is 25.5. The van der Waals surface area contributed by atoms with Crippen LogP contribution in [-0.2, 0) is 9.59 Å². The third-order valence-electron chi connectivity index (χ3n) is 2.75. The standard InChI is InChI=1S/C9H14N2O2/c12-8-5-11(6-9(13)10-8)4-7-2-1-3-7/h7H,1-6H2,(H,10,12,13). The van der Waals surface area contributed by atoms with Crippen molar-refractivity contribution < 1.29 is 9.59 Å². The maximum atomic E-state index is 11.0. The minimum Gasteiger partial charge on any atom is -0.294 e. The number of hydrogen-bond acceptors (Lipinski definition) is 3. The Bertz CT molecular complexity index is 220. The zero-order valence-corrected chi connectivity index (χ0v) is 7.58. The Morgan fingerprint density at radius 1 is 1.23 bits per heavy atom. The second kappa shape index (κ2) is 3.46. The fourth-order valence-corrected chi connectivity index (χ4v) is 1.87. The van der Waals surface area contributed by atoms with Crippen LogP contribution >= 0.6 is 0 Å². The first kappa shape index (κ1) is 8.69. The Hall–Kier alpha value is -0.900. The minimum absolute atomic E-state index is 0.157. The van der Waals surface area contributed by atoms with E-state index in [2.05, 4.69) is 5.32 Å². The van der Waals surface area contributed by atoms with E-state index in [1.54, 1.807) is 0 Å². The number of piperazine rings is 1. The van der Waals surface area contributed by atoms with E-state index in [0.717, 1.165) is 12.5 Å². The molecule has 2 rings (SSSR count). The van der Waals surface area contributed by atoms with Gasteiger partial charge in [-0.1, -0.05) is 6.42 Å². The molecule has 2 aliphatic rings. The molecule has 0 aromatic carbocycles. The van der Waals surface area contributed by atoms with Crippen LogP contribution in [0.5, 0.6) is 0 Å². The molecular weight excluding hydrogens is 168 g/mol. The highest BCUT2D eigenvalue weighted by atomic mass is 16.2. The molecule has 1 saturated carbocycles. The van der Waals surface area contributed by atoms with Gasteiger partial charge in [0.15, 0.2) is 0 Å². The van der Waals surface area contributed by atoms with Crippen molar-refractivity contribution in [3.8, 4) is 0 Å². The van der Waals surface area contributed by atoms with Gasteiger partial charge in [0, 0.05) is 6.54 Å². The highest BCUT2D eigenvalue weighted by molar-refractivity contribution is 5.99. The maximum Gasteiger partial charge on any atom is 0.240 e. The summed E-state index contributed by atoms with van der Waals surface area (Å²) >= 11 is 0. The molecule has 0 radical (unpaired) electrons. The predicted octanol–water partition coefficient (Wildman–Crippen LogP) is -0.255. The van der Waals surface area contributed by atoms with Gasteiger partial charge in [-0.15, -0.1) is 0 Å². The van der Waals surface area contributed by atoms with Crippen molar-refractivity contribution in [2.45, 2.75) is 19.3 Å². The van der Waals surface area contributed by atoms with Crippen molar-refractivity contribution in [3.63, 3.8) is 0 Å². The average Bonchev–Trinajstić information content (AvgIpc) is 1.95. The molecule has 0 spiro atoms. The quantitative estimate of drug-likeness (QED) is 0.599. The zero-order valence-electron chi connectivity index (χ0n) is 7.58. The first-order chi connectivity index (χ1) is 6.24. The summed E-state index contributed by atoms with van der Waals surface area (Å²) in [6.45, 7) is 1.70. The lowest BCUT2D eigenvalue weighted by Gasteiger charge is -2.33. The summed E-state index contributed by atoms with van der Waals surface area (Å²) in [4.78, 5) is 23.9. The van der Waals surface area contributed by atoms with Gasteiger partial charge in [-0.3, -0.25) is 19.8 Å². The second-order valence-corrected chi connectivity index (χ2v) is 3.94. The molecule has 0 unspecified atom stereocenters. The molecule has 13 heavy (non-hydrogen) atoms. The van der Waals surface area contributed by atoms with Crippen LogP contribution in [0.4, 0.5) is 0 Å². The van der Waals surface area contributed by atoms with Gasteiger partial charge in [0.25, 0.3) is 0 Å². The summed E-state index contributed by atoms with van der Waals surface area (Å²) < 4.78 is 0. The molecule has 72 valence electrons. The van der Waals surface area contributed by atoms with Crippen LogP contribution in [0.2, 0.25) is 0 Å². The smallest absolute Gasteiger partial charge is 0.240 e. The van der Waals surface area contributed by atoms with Gasteiger partial charge in [-0.25, -0.2) is 0 Å². The van der Waals surface area contributed by atoms with E-state index in [1.807, 2.05) is 4.90 Å². The van der Waals surface area contributed by atoms with E-state index < -0.39 is 0 Å². The van der Waals surface area contributed by atoms with Crippen LogP contribution < -0.4 is 5.32 Å². The first-order valence-corrected chi connectivity index (χ1v) is 4.79. The third-order valence-corrected chi connectivity index (χ3v) is 2.75. The summed E-state index contributed by atoms with van der Waals surface area (Å²) in [5.41, 5.74) is 0. The van der Waals surface area contributed by atoms with Crippen molar-refractivity contribution in [1.29, 1.82) is 0 Å². The van der Waals surface area contributed by atoms with E-state index in [1.165, 1.54) is 19.3 Å². The molecule has 0 aromatic rings. The predicted molar refractivity (Wildman–Crippen MR) is 46.9 cm³/mol. The molecule has 4 heteroatoms. The van der Waals surface area contributed by atoms with Crippen LogP contribution in [0.1, 0.15) is 19.3 Å². The molecule has 2 amide bonds. The van der Waals surface area contributed by atoms with Crippen molar-refractivity contribution in [1.82, 2.24) is 10.2 Å². The van der Waals surface area contributed by atoms with E-state index in [9.17, 15) is 9.59 Å². The number of carbonyl (C=O) groups excluding carboxylic acids is 2. The SMILES string of the molecule is O=C1CN(CC2CCC2)CC(=O)N1. The Morgan fingerprint density at radius 3 is 2.31 bits per heavy atom. The first-order valence-electron chi connectivity index (χ1n) is 4.79. The molecule has 0 bridgehead atoms. The molecule has 1 aliphatic heterocycles. The summed E-state index contributed by atoms with van der Waals surface area (Å²) in [6.07, 6.45) is 3.82. The molecule has 1 saturated heterocycles. The fraction of sp³-hybridized carbons (Fsp3) is 0.778. The average molecular weight is 182 g/mol. The highest BCUT2D eigenvalue weighted by Gasteiger charge is 2.26. The van der Waals surface area contributed by atoms with Crippen molar-refractivity contribution in [2.75, 3.05) is 19.6 Å². The number of imide groups is 1. The number of carbonyl (C=O) groups is 2. The van der Waals surface area contributed by atoms with Crippen LogP contribution in [0.3, 0.4) is 0 Å². The van der Waals surface area contributed by atoms with Gasteiger partial charge in [-0.2, -0.15) is 0 Å². The molecule has 0 aromatic heterocycles. The lowest BCUT2D eigenvalue weighted by molar-refractivity contribution is -0.136. The zero-order chi connectivity index (χ0) is 9.26. The lowest BCUT2D eigenvalue weighted by atomic mass is 9.85. The third kappa shape index (κ3) is 2.06. The number of rotatable bonds is 2. The molecule has 4 nitrogen and oxygen atoms in total. The summed E-state index contributed by atoms with van der Waals surface area (Å²) in [5.74, 6) is 0.407. The van der Waals surface area contributed by atoms with Gasteiger partial charge >= 0.3 is 0 Å². The van der Waals surface area contributed by atoms with Crippen molar-refractivity contribution in [3.05, 3.63) is 0 Å². The Morgan fingerprint density at radius 2 is 1.85 bits per heavy atom. The monoisotopic (exact) mass is 182 g/mol. The van der Waals surface area contributed by atoms with Gasteiger partial charge in [0.1, 0.15) is 0 Å². The van der Waals surface area contributed by atoms with E-state index in [-0.39, 0.29) is 11.8 Å². The fourth-order valence-electron chi connectivity index (χ4n) is 1.87. The number of hydrogen-bond donors (Lipinski definition) is 1. The largest absolute Gasteiger partial charge is 0.294 e. The van der Waals surface area contributed by atoms with Crippen molar-refractivity contribution in [2.24, 2.45) is 5.92 Å². The molecule has 0 atom stereocenters. The Balaban J connectivity index is 1.83. The van der Waals surface area contributed by atoms with E-state index >= 15 is 0 Å². The van der Waals surface area contributed by atoms with Gasteiger partial charge in [-0.05, 0) is 18.8 Å². The van der Waals surface area contributed by atoms with E-state index in [4.69, 9.17) is 0 Å². The molecule has 2 fully saturated rings. The Kier molecular flexibility index (Phi) is 2.31. The topological polar surface area (TPSA) is 49.4 Å². The second-order valence-electron chi connectivity index (χ2n) is 3.94. The van der Waals surface area contributed by atoms with Crippen LogP contribution in [0, 0.1) is 5.92 Å². The summed E-state index contributed by atoms with van der Waals surface area (Å²) in [6, 6.07) is 0. The van der Waals surface area contributed by atoms with E-state index in [0.29, 0.717) is 13.1 Å². The van der Waals surface area contributed by atoms with Crippen LogP contribution in [0.25, 0.3) is 0 Å². The maximum absolute atomic E-state index is 11.0. The minimum atomic E-state index is -0.157. The van der Waals surface area contributed by atoms with Crippen LogP contribution in [-0.4, -0.2) is 36.3 Å². The molecule has 1 N–H and O–H groups in total. The number of amides is 2. The molecule has 1 aliphatic carbocycles. The highest BCUT2D eigenvalue weighted by Crippen LogP contribution is 2.27. The summed E-state index contributed by atoms with van der Waals surface area (Å²) in [5, 5.41) is 2.30. The molecule has 1 heterocycles. The Labute approximate surface area is 77.3 Å².